The van der Waals surface area contributed by atoms with E-state index in [2.05, 4.69) is 0 Å². The van der Waals surface area contributed by atoms with Crippen molar-refractivity contribution >= 4 is 16.8 Å². The molecule has 3 aromatic rings. The third-order valence-corrected chi connectivity index (χ3v) is 3.30. The summed E-state index contributed by atoms with van der Waals surface area (Å²) in [5, 5.41) is -0.258. The van der Waals surface area contributed by atoms with E-state index in [0.717, 1.165) is 12.1 Å². The van der Waals surface area contributed by atoms with Crippen molar-refractivity contribution in [1.82, 2.24) is 0 Å². The molecule has 0 unspecified atom stereocenters. The van der Waals surface area contributed by atoms with Crippen LogP contribution in [0.4, 0.5) is 8.78 Å². The van der Waals surface area contributed by atoms with Crippen LogP contribution < -0.4 is 5.43 Å². The van der Waals surface area contributed by atoms with Gasteiger partial charge in [-0.15, -0.1) is 0 Å². The highest BCUT2D eigenvalue weighted by Gasteiger charge is 2.21. The summed E-state index contributed by atoms with van der Waals surface area (Å²) >= 11 is 0. The van der Waals surface area contributed by atoms with Crippen molar-refractivity contribution in [3.63, 3.8) is 0 Å². The van der Waals surface area contributed by atoms with Crippen molar-refractivity contribution < 1.29 is 18.0 Å². The van der Waals surface area contributed by atoms with Crippen LogP contribution in [-0.2, 0) is 0 Å². The Morgan fingerprint density at radius 1 is 1.09 bits per heavy atom. The van der Waals surface area contributed by atoms with Gasteiger partial charge in [0, 0.05) is 6.92 Å². The molecule has 0 aliphatic carbocycles. The van der Waals surface area contributed by atoms with Gasteiger partial charge in [-0.3, -0.25) is 9.59 Å². The fourth-order valence-corrected chi connectivity index (χ4v) is 2.35. The lowest BCUT2D eigenvalue weighted by atomic mass is 10.0. The summed E-state index contributed by atoms with van der Waals surface area (Å²) in [6, 6.07) is 9.09. The van der Waals surface area contributed by atoms with Crippen molar-refractivity contribution in [1.29, 1.82) is 0 Å². The Bertz CT molecular complexity index is 958. The predicted octanol–water partition coefficient (Wildman–Crippen LogP) is 3.94. The molecule has 5 heteroatoms. The zero-order chi connectivity index (χ0) is 15.9. The molecule has 0 atom stereocenters. The lowest BCUT2D eigenvalue weighted by Gasteiger charge is -2.08. The SMILES string of the molecule is CC(=O)c1oc2cccc(F)c2c(=O)c1-c1cccc(F)c1. The molecule has 0 saturated carbocycles. The number of ketones is 1. The molecule has 0 aliphatic rings. The quantitative estimate of drug-likeness (QED) is 0.673. The highest BCUT2D eigenvalue weighted by Crippen LogP contribution is 2.26. The first-order valence-corrected chi connectivity index (χ1v) is 6.51. The number of Topliss-reactive ketones (excluding diaryl/α,β-unsaturated/α-hetero) is 1. The first-order valence-electron chi connectivity index (χ1n) is 6.51. The second-order valence-corrected chi connectivity index (χ2v) is 4.81. The Morgan fingerprint density at radius 3 is 2.50 bits per heavy atom. The second-order valence-electron chi connectivity index (χ2n) is 4.81. The largest absolute Gasteiger partial charge is 0.452 e. The number of benzene rings is 2. The van der Waals surface area contributed by atoms with Gasteiger partial charge in [-0.05, 0) is 29.8 Å². The minimum atomic E-state index is -0.751. The zero-order valence-corrected chi connectivity index (χ0v) is 11.5. The zero-order valence-electron chi connectivity index (χ0n) is 11.5. The predicted molar refractivity (Wildman–Crippen MR) is 77.8 cm³/mol. The Hall–Kier alpha value is -2.82. The molecule has 0 spiro atoms. The van der Waals surface area contributed by atoms with Crippen LogP contribution in [0.2, 0.25) is 0 Å². The Balaban J connectivity index is 2.49. The Kier molecular flexibility index (Phi) is 3.33. The van der Waals surface area contributed by atoms with Gasteiger partial charge in [-0.25, -0.2) is 8.78 Å². The Morgan fingerprint density at radius 2 is 1.82 bits per heavy atom. The first-order chi connectivity index (χ1) is 10.5. The van der Waals surface area contributed by atoms with E-state index in [-0.39, 0.29) is 27.9 Å². The van der Waals surface area contributed by atoms with Gasteiger partial charge in [0.15, 0.2) is 11.5 Å². The van der Waals surface area contributed by atoms with Crippen LogP contribution in [0.1, 0.15) is 17.5 Å². The van der Waals surface area contributed by atoms with Crippen LogP contribution in [0.25, 0.3) is 22.1 Å². The highest BCUT2D eigenvalue weighted by atomic mass is 19.1. The summed E-state index contributed by atoms with van der Waals surface area (Å²) in [7, 11) is 0. The van der Waals surface area contributed by atoms with Gasteiger partial charge in [0.25, 0.3) is 0 Å². The van der Waals surface area contributed by atoms with Gasteiger partial charge >= 0.3 is 0 Å². The Labute approximate surface area is 123 Å². The molecule has 0 bridgehead atoms. The first kappa shape index (κ1) is 14.1. The normalized spacial score (nSPS) is 10.9. The molecule has 1 aromatic heterocycles. The average Bonchev–Trinajstić information content (AvgIpc) is 2.46. The van der Waals surface area contributed by atoms with E-state index in [9.17, 15) is 18.4 Å². The number of hydrogen-bond donors (Lipinski definition) is 0. The van der Waals surface area contributed by atoms with Crippen molar-refractivity contribution in [2.75, 3.05) is 0 Å². The minimum absolute atomic E-state index is 0.0182. The topological polar surface area (TPSA) is 47.3 Å². The number of fused-ring (bicyclic) bond motifs is 1. The summed E-state index contributed by atoms with van der Waals surface area (Å²) in [6.45, 7) is 1.23. The van der Waals surface area contributed by atoms with Crippen molar-refractivity contribution in [3.05, 3.63) is 70.1 Å². The van der Waals surface area contributed by atoms with Gasteiger partial charge in [0.2, 0.25) is 5.43 Å². The van der Waals surface area contributed by atoms with Crippen LogP contribution in [0.5, 0.6) is 0 Å². The van der Waals surface area contributed by atoms with Crippen LogP contribution in [-0.4, -0.2) is 5.78 Å². The van der Waals surface area contributed by atoms with E-state index in [4.69, 9.17) is 4.42 Å². The van der Waals surface area contributed by atoms with Crippen molar-refractivity contribution in [2.24, 2.45) is 0 Å². The molecule has 0 saturated heterocycles. The smallest absolute Gasteiger partial charge is 0.204 e. The maximum absolute atomic E-state index is 13.9. The van der Waals surface area contributed by atoms with E-state index in [1.807, 2.05) is 0 Å². The van der Waals surface area contributed by atoms with E-state index >= 15 is 0 Å². The van der Waals surface area contributed by atoms with E-state index < -0.39 is 22.8 Å². The van der Waals surface area contributed by atoms with Crippen LogP contribution in [0.3, 0.4) is 0 Å². The molecule has 0 N–H and O–H groups in total. The number of rotatable bonds is 2. The number of carbonyl (C=O) groups is 1. The standard InChI is InChI=1S/C17H10F2O3/c1-9(20)17-14(10-4-2-5-11(18)8-10)16(21)15-12(19)6-3-7-13(15)22-17/h2-8H,1H3. The summed E-state index contributed by atoms with van der Waals surface area (Å²) in [5.74, 6) is -2.03. The summed E-state index contributed by atoms with van der Waals surface area (Å²) in [6.07, 6.45) is 0. The minimum Gasteiger partial charge on any atom is -0.452 e. The summed E-state index contributed by atoms with van der Waals surface area (Å²) in [5.41, 5.74) is -0.681. The molecular weight excluding hydrogens is 290 g/mol. The fourth-order valence-electron chi connectivity index (χ4n) is 2.35. The van der Waals surface area contributed by atoms with E-state index in [0.29, 0.717) is 0 Å². The molecule has 110 valence electrons. The fraction of sp³-hybridized carbons (Fsp3) is 0.0588. The monoisotopic (exact) mass is 300 g/mol. The summed E-state index contributed by atoms with van der Waals surface area (Å²) in [4.78, 5) is 24.4. The molecule has 0 amide bonds. The van der Waals surface area contributed by atoms with Crippen LogP contribution in [0.15, 0.2) is 51.7 Å². The molecule has 0 fully saturated rings. The summed E-state index contributed by atoms with van der Waals surface area (Å²) < 4.78 is 32.8. The van der Waals surface area contributed by atoms with Crippen molar-refractivity contribution in [2.45, 2.75) is 6.92 Å². The van der Waals surface area contributed by atoms with Gasteiger partial charge in [0.1, 0.15) is 22.6 Å². The van der Waals surface area contributed by atoms with Gasteiger partial charge < -0.3 is 4.42 Å². The third-order valence-electron chi connectivity index (χ3n) is 3.30. The van der Waals surface area contributed by atoms with E-state index in [1.54, 1.807) is 0 Å². The molecule has 22 heavy (non-hydrogen) atoms. The van der Waals surface area contributed by atoms with Gasteiger partial charge in [-0.2, -0.15) is 0 Å². The van der Waals surface area contributed by atoms with Crippen molar-refractivity contribution in [3.8, 4) is 11.1 Å². The van der Waals surface area contributed by atoms with Crippen LogP contribution in [0, 0.1) is 11.6 Å². The molecule has 3 rings (SSSR count). The van der Waals surface area contributed by atoms with E-state index in [1.165, 1.54) is 37.3 Å². The lowest BCUT2D eigenvalue weighted by molar-refractivity contribution is 0.0988. The maximum Gasteiger partial charge on any atom is 0.204 e. The third kappa shape index (κ3) is 2.20. The number of halogens is 2. The molecule has 3 nitrogen and oxygen atoms in total. The highest BCUT2D eigenvalue weighted by molar-refractivity contribution is 6.00. The molecular formula is C17H10F2O3. The van der Waals surface area contributed by atoms with Gasteiger partial charge in [0.05, 0.1) is 5.56 Å². The van der Waals surface area contributed by atoms with Crippen LogP contribution >= 0.6 is 0 Å². The maximum atomic E-state index is 13.9. The second kappa shape index (κ2) is 5.18. The molecule has 0 aliphatic heterocycles. The molecule has 1 heterocycles. The van der Waals surface area contributed by atoms with Gasteiger partial charge in [-0.1, -0.05) is 18.2 Å². The molecule has 0 radical (unpaired) electrons. The average molecular weight is 300 g/mol. The number of hydrogen-bond acceptors (Lipinski definition) is 3. The number of carbonyl (C=O) groups excluding carboxylic acids is 1. The molecule has 2 aromatic carbocycles. The lowest BCUT2D eigenvalue weighted by Crippen LogP contribution is -2.12.